The zero-order valence-electron chi connectivity index (χ0n) is 19.9. The summed E-state index contributed by atoms with van der Waals surface area (Å²) in [5, 5.41) is 0.966. The normalized spacial score (nSPS) is 23.8. The van der Waals surface area contributed by atoms with Gasteiger partial charge in [-0.25, -0.2) is 9.97 Å². The second-order valence-corrected chi connectivity index (χ2v) is 10.9. The van der Waals surface area contributed by atoms with Gasteiger partial charge in [0.05, 0.1) is 16.1 Å². The van der Waals surface area contributed by atoms with Crippen molar-refractivity contribution < 1.29 is 17.9 Å². The van der Waals surface area contributed by atoms with E-state index in [1.165, 1.54) is 27.8 Å². The Morgan fingerprint density at radius 2 is 1.91 bits per heavy atom. The van der Waals surface area contributed by atoms with Crippen molar-refractivity contribution in [2.24, 2.45) is 17.3 Å². The van der Waals surface area contributed by atoms with Crippen molar-refractivity contribution in [3.05, 3.63) is 77.0 Å². The average molecular weight is 497 g/mol. The molecule has 2 aliphatic rings. The maximum atomic E-state index is 12.7. The van der Waals surface area contributed by atoms with Crippen LogP contribution in [0.15, 0.2) is 60.8 Å². The molecule has 0 N–H and O–H groups in total. The van der Waals surface area contributed by atoms with E-state index in [9.17, 15) is 13.2 Å². The number of fused-ring (bicyclic) bond motifs is 3. The molecule has 0 saturated carbocycles. The first-order valence-electron chi connectivity index (χ1n) is 11.7. The van der Waals surface area contributed by atoms with Gasteiger partial charge in [0.15, 0.2) is 0 Å². The van der Waals surface area contributed by atoms with Crippen LogP contribution in [-0.4, -0.2) is 9.97 Å². The lowest BCUT2D eigenvalue weighted by Crippen LogP contribution is -2.36. The van der Waals surface area contributed by atoms with E-state index < -0.39 is 11.7 Å². The third kappa shape index (κ3) is 4.42. The molecule has 3 aromatic rings. The van der Waals surface area contributed by atoms with Crippen LogP contribution in [0.2, 0.25) is 0 Å². The lowest BCUT2D eigenvalue weighted by atomic mass is 9.59. The summed E-state index contributed by atoms with van der Waals surface area (Å²) >= 11 is 1.74. The zero-order chi connectivity index (χ0) is 25.0. The van der Waals surface area contributed by atoms with Crippen LogP contribution < -0.4 is 4.74 Å². The molecule has 0 aliphatic heterocycles. The highest BCUT2D eigenvalue weighted by atomic mass is 32.1. The molecular formula is C28H27F3N2OS. The average Bonchev–Trinajstić information content (AvgIpc) is 3.23. The minimum Gasteiger partial charge on any atom is -0.439 e. The first-order chi connectivity index (χ1) is 16.5. The first-order valence-corrected chi connectivity index (χ1v) is 12.5. The fourth-order valence-corrected chi connectivity index (χ4v) is 6.40. The molecule has 0 amide bonds. The summed E-state index contributed by atoms with van der Waals surface area (Å²) in [6, 6.07) is 9.62. The third-order valence-electron chi connectivity index (χ3n) is 7.51. The molecule has 2 aliphatic carbocycles. The molecule has 35 heavy (non-hydrogen) atoms. The van der Waals surface area contributed by atoms with Crippen LogP contribution >= 0.6 is 11.3 Å². The van der Waals surface area contributed by atoms with Gasteiger partial charge in [-0.2, -0.15) is 13.2 Å². The number of rotatable bonds is 4. The van der Waals surface area contributed by atoms with Crippen LogP contribution in [0.4, 0.5) is 13.2 Å². The molecule has 1 aromatic carbocycles. The largest absolute Gasteiger partial charge is 0.439 e. The number of halogens is 3. The van der Waals surface area contributed by atoms with Crippen LogP contribution in [0, 0.1) is 17.3 Å². The zero-order valence-corrected chi connectivity index (χ0v) is 20.8. The minimum absolute atomic E-state index is 0.112. The van der Waals surface area contributed by atoms with Gasteiger partial charge in [0.1, 0.15) is 10.8 Å². The smallest absolute Gasteiger partial charge is 0.417 e. The van der Waals surface area contributed by atoms with Crippen LogP contribution in [0.25, 0.3) is 16.1 Å². The number of hydrogen-bond acceptors (Lipinski definition) is 4. The van der Waals surface area contributed by atoms with Crippen molar-refractivity contribution in [3.8, 4) is 22.2 Å². The van der Waals surface area contributed by atoms with Gasteiger partial charge in [0.25, 0.3) is 0 Å². The summed E-state index contributed by atoms with van der Waals surface area (Å²) in [5.41, 5.74) is 4.18. The Labute approximate surface area is 207 Å². The van der Waals surface area contributed by atoms with Crippen molar-refractivity contribution in [1.29, 1.82) is 0 Å². The van der Waals surface area contributed by atoms with E-state index in [1.54, 1.807) is 23.5 Å². The monoisotopic (exact) mass is 496 g/mol. The summed E-state index contributed by atoms with van der Waals surface area (Å²) in [4.78, 5) is 10.1. The summed E-state index contributed by atoms with van der Waals surface area (Å²) in [5.74, 6) is 1.66. The summed E-state index contributed by atoms with van der Waals surface area (Å²) in [7, 11) is 0. The van der Waals surface area contributed by atoms with E-state index in [0.717, 1.165) is 42.1 Å². The quantitative estimate of drug-likeness (QED) is 0.339. The summed E-state index contributed by atoms with van der Waals surface area (Å²) in [6.45, 7) is 11.1. The Balaban J connectivity index is 1.37. The Morgan fingerprint density at radius 1 is 1.17 bits per heavy atom. The molecule has 182 valence electrons. The van der Waals surface area contributed by atoms with Gasteiger partial charge in [0.2, 0.25) is 5.88 Å². The summed E-state index contributed by atoms with van der Waals surface area (Å²) < 4.78 is 43.8. The molecule has 0 radical (unpaired) electrons. The number of hydrogen-bond donors (Lipinski definition) is 0. The van der Waals surface area contributed by atoms with Gasteiger partial charge in [0, 0.05) is 17.8 Å². The Bertz CT molecular complexity index is 1290. The van der Waals surface area contributed by atoms with E-state index in [4.69, 9.17) is 9.72 Å². The molecule has 0 unspecified atom stereocenters. The third-order valence-corrected chi connectivity index (χ3v) is 8.69. The van der Waals surface area contributed by atoms with Gasteiger partial charge in [-0.05, 0) is 79.3 Å². The van der Waals surface area contributed by atoms with Crippen molar-refractivity contribution in [2.75, 3.05) is 0 Å². The Morgan fingerprint density at radius 3 is 2.54 bits per heavy atom. The lowest BCUT2D eigenvalue weighted by Gasteiger charge is -2.46. The topological polar surface area (TPSA) is 35.0 Å². The first kappa shape index (κ1) is 23.8. The molecule has 0 fully saturated rings. The second-order valence-electron chi connectivity index (χ2n) is 9.93. The number of allylic oxidation sites excluding steroid dienone is 3. The van der Waals surface area contributed by atoms with E-state index in [-0.39, 0.29) is 11.3 Å². The fourth-order valence-electron chi connectivity index (χ4n) is 5.13. The molecule has 7 heteroatoms. The highest BCUT2D eigenvalue weighted by Crippen LogP contribution is 2.57. The van der Waals surface area contributed by atoms with Gasteiger partial charge in [-0.3, -0.25) is 0 Å². The van der Waals surface area contributed by atoms with Crippen molar-refractivity contribution in [3.63, 3.8) is 0 Å². The standard InChI is InChI=1S/C28H27F3N2OS/c1-16(2)19-7-11-22-25-23(13-17(3)27(22,4)14-19)33-26(35-25)18-5-9-21(10-6-18)34-24-12-8-20(15-32-24)28(29,30)31/h5-6,8-12,15,17,19H,1,7,13-14H2,2-4H3/t17-,19-,27+/m1/s1. The van der Waals surface area contributed by atoms with Gasteiger partial charge < -0.3 is 4.74 Å². The Hall–Kier alpha value is -2.93. The molecule has 2 heterocycles. The van der Waals surface area contributed by atoms with Gasteiger partial charge >= 0.3 is 6.18 Å². The summed E-state index contributed by atoms with van der Waals surface area (Å²) in [6.07, 6.45) is 1.89. The molecule has 3 nitrogen and oxygen atoms in total. The van der Waals surface area contributed by atoms with Crippen LogP contribution in [-0.2, 0) is 12.6 Å². The second kappa shape index (κ2) is 8.63. The number of thiazole rings is 1. The number of nitrogens with zero attached hydrogens (tertiary/aromatic N) is 2. The maximum Gasteiger partial charge on any atom is 0.417 e. The number of ether oxygens (including phenoxy) is 1. The fraction of sp³-hybridized carbons (Fsp3) is 0.357. The SMILES string of the molecule is C=C(C)[C@@H]1CC=C2c3sc(-c4ccc(Oc5ccc(C(F)(F)F)cn5)cc4)nc3C[C@@H](C)[C@]2(C)C1. The molecule has 3 atom stereocenters. The lowest BCUT2D eigenvalue weighted by molar-refractivity contribution is -0.137. The van der Waals surface area contributed by atoms with Crippen LogP contribution in [0.5, 0.6) is 11.6 Å². The number of benzene rings is 1. The van der Waals surface area contributed by atoms with E-state index in [0.29, 0.717) is 17.6 Å². The number of aromatic nitrogens is 2. The molecule has 0 bridgehead atoms. The highest BCUT2D eigenvalue weighted by molar-refractivity contribution is 7.16. The predicted molar refractivity (Wildman–Crippen MR) is 133 cm³/mol. The van der Waals surface area contributed by atoms with E-state index in [1.807, 2.05) is 12.1 Å². The molecule has 2 aromatic heterocycles. The minimum atomic E-state index is -4.42. The number of pyridine rings is 1. The van der Waals surface area contributed by atoms with E-state index >= 15 is 0 Å². The van der Waals surface area contributed by atoms with Crippen molar-refractivity contribution in [1.82, 2.24) is 9.97 Å². The van der Waals surface area contributed by atoms with Crippen LogP contribution in [0.3, 0.4) is 0 Å². The van der Waals surface area contributed by atoms with Crippen molar-refractivity contribution >= 4 is 16.9 Å². The van der Waals surface area contributed by atoms with Crippen molar-refractivity contribution in [2.45, 2.75) is 46.2 Å². The number of alkyl halides is 3. The molecule has 0 saturated heterocycles. The maximum absolute atomic E-state index is 12.7. The van der Waals surface area contributed by atoms with E-state index in [2.05, 4.69) is 38.4 Å². The molecule has 5 rings (SSSR count). The predicted octanol–water partition coefficient (Wildman–Crippen LogP) is 8.58. The van der Waals surface area contributed by atoms with Crippen LogP contribution in [0.1, 0.15) is 49.7 Å². The van der Waals surface area contributed by atoms with Gasteiger partial charge in [-0.1, -0.05) is 32.1 Å². The Kier molecular flexibility index (Phi) is 5.86. The molecular weight excluding hydrogens is 469 g/mol. The van der Waals surface area contributed by atoms with Gasteiger partial charge in [-0.15, -0.1) is 11.3 Å². The molecule has 0 spiro atoms. The highest BCUT2D eigenvalue weighted by Gasteiger charge is 2.45.